The van der Waals surface area contributed by atoms with Crippen molar-refractivity contribution in [3.05, 3.63) is 137 Å². The van der Waals surface area contributed by atoms with Gasteiger partial charge in [0.25, 0.3) is 10.1 Å². The predicted octanol–water partition coefficient (Wildman–Crippen LogP) is 8.70. The normalized spacial score (nSPS) is 29.3. The first-order valence-corrected chi connectivity index (χ1v) is 29.6. The zero-order chi connectivity index (χ0) is 55.7. The van der Waals surface area contributed by atoms with Crippen LogP contribution in [0, 0.1) is 23.7 Å². The van der Waals surface area contributed by atoms with Gasteiger partial charge in [-0.1, -0.05) is 105 Å². The van der Waals surface area contributed by atoms with Gasteiger partial charge in [0.15, 0.2) is 6.10 Å². The summed E-state index contributed by atoms with van der Waals surface area (Å²) in [6.45, 7) is 8.31. The van der Waals surface area contributed by atoms with Crippen molar-refractivity contribution < 1.29 is 51.0 Å². The summed E-state index contributed by atoms with van der Waals surface area (Å²) >= 11 is 0. The van der Waals surface area contributed by atoms with Crippen LogP contribution < -0.4 is 9.64 Å². The molecule has 8 atom stereocenters. The SMILES string of the molecule is CC[C@]12C=CCN3CC[C@@]4(c5cc([C@]6(C(=O)OC)C[C@@H](CC7(COS(=O)(=O)c8ccc(C)cc8)CCCCC7)CN(Cc7ccccc7)CCc7c6[nH]c6ccccc76)c(OC)cc5N(C)[C@H]4[C@@](O)(C(=O)OC)[C@@H]1OC(C)=O)[C@@H]32. The summed E-state index contributed by atoms with van der Waals surface area (Å²) < 4.78 is 59.1. The van der Waals surface area contributed by atoms with Gasteiger partial charge in [0.2, 0.25) is 5.60 Å². The number of nitrogens with one attached hydrogen (secondary N) is 1. The molecule has 6 aliphatic rings. The summed E-state index contributed by atoms with van der Waals surface area (Å²) in [5, 5.41) is 14.6. The molecule has 5 aromatic rings. The summed E-state index contributed by atoms with van der Waals surface area (Å²) in [5.74, 6) is -1.87. The van der Waals surface area contributed by atoms with E-state index in [0.29, 0.717) is 81.1 Å². The number of carbonyl (C=O) groups excluding carboxylic acids is 3. The second-order valence-corrected chi connectivity index (χ2v) is 25.3. The molecule has 1 spiro atoms. The summed E-state index contributed by atoms with van der Waals surface area (Å²) in [6, 6.07) is 28.0. The number of methoxy groups -OCH3 is 3. The Labute approximate surface area is 464 Å². The first-order valence-electron chi connectivity index (χ1n) is 28.2. The number of aromatic amines is 1. The average Bonchev–Trinajstić information content (AvgIpc) is 2.01. The number of nitrogens with zero attached hydrogens (tertiary/aromatic N) is 3. The van der Waals surface area contributed by atoms with Crippen molar-refractivity contribution in [3.8, 4) is 5.75 Å². The smallest absolute Gasteiger partial charge is 0.344 e. The van der Waals surface area contributed by atoms with Crippen LogP contribution in [0.3, 0.4) is 0 Å². The molecule has 3 fully saturated rings. The molecule has 420 valence electrons. The lowest BCUT2D eigenvalue weighted by atomic mass is 9.47. The Bertz CT molecular complexity index is 3280. The van der Waals surface area contributed by atoms with Crippen LogP contribution in [-0.4, -0.2) is 131 Å². The van der Waals surface area contributed by atoms with Crippen LogP contribution in [0.25, 0.3) is 10.9 Å². The number of fused-ring (bicyclic) bond motifs is 4. The third kappa shape index (κ3) is 8.72. The molecule has 5 heterocycles. The Morgan fingerprint density at radius 3 is 2.27 bits per heavy atom. The van der Waals surface area contributed by atoms with Crippen molar-refractivity contribution in [2.24, 2.45) is 16.7 Å². The van der Waals surface area contributed by atoms with E-state index >= 15 is 4.79 Å². The number of aryl methyl sites for hydroxylation is 1. The first kappa shape index (κ1) is 54.9. The largest absolute Gasteiger partial charge is 0.496 e. The van der Waals surface area contributed by atoms with Crippen LogP contribution in [-0.2, 0) is 66.7 Å². The minimum Gasteiger partial charge on any atom is -0.496 e. The number of hydrogen-bond donors (Lipinski definition) is 2. The third-order valence-electron chi connectivity index (χ3n) is 19.5. The van der Waals surface area contributed by atoms with E-state index in [1.165, 1.54) is 21.1 Å². The van der Waals surface area contributed by atoms with Crippen LogP contribution in [0.4, 0.5) is 5.69 Å². The van der Waals surface area contributed by atoms with E-state index in [4.69, 9.17) is 23.1 Å². The first-order chi connectivity index (χ1) is 37.9. The number of para-hydroxylation sites is 1. The Balaban J connectivity index is 1.15. The molecule has 79 heavy (non-hydrogen) atoms. The van der Waals surface area contributed by atoms with Crippen molar-refractivity contribution in [1.82, 2.24) is 14.8 Å². The molecule has 0 unspecified atom stereocenters. The molecule has 4 aliphatic heterocycles. The standard InChI is InChI=1S/C63H76N4O11S/c1-8-60-29-17-31-67-33-30-61(54(60)67)48-34-49(52(74-5)35-51(48)65(4)55(61)63(71,58(70)76-7)56(60)78-42(3)68)62(57(69)75-6)37-44(36-59(27-15-10-16-28-59)40-77-79(72,73)45-24-22-41(2)23-25-45)39-66(38-43-18-11-9-12-19-43)32-26-47-46-20-13-14-21-50(46)64-53(47)62/h9,11-14,17-25,29,34-35,44,54-56,64,71H,8,10,15-16,26-28,30-33,36-40H2,1-7H3/t44-,54+,55-,56-,60-,61-,62-,63+/m1/s1. The topological polar surface area (TPSA) is 177 Å². The maximum atomic E-state index is 16.2. The van der Waals surface area contributed by atoms with Gasteiger partial charge in [-0.2, -0.15) is 8.42 Å². The summed E-state index contributed by atoms with van der Waals surface area (Å²) in [4.78, 5) is 55.1. The molecule has 15 nitrogen and oxygen atoms in total. The molecule has 0 bridgehead atoms. The monoisotopic (exact) mass is 1100 g/mol. The van der Waals surface area contributed by atoms with Gasteiger partial charge in [-0.15, -0.1) is 0 Å². The highest BCUT2D eigenvalue weighted by molar-refractivity contribution is 7.86. The number of hydrogen-bond acceptors (Lipinski definition) is 14. The number of ether oxygens (including phenoxy) is 4. The summed E-state index contributed by atoms with van der Waals surface area (Å²) in [6.07, 6.45) is 9.40. The molecule has 1 saturated heterocycles. The maximum absolute atomic E-state index is 16.2. The van der Waals surface area contributed by atoms with Crippen LogP contribution >= 0.6 is 0 Å². The molecule has 11 rings (SSSR count). The fourth-order valence-electron chi connectivity index (χ4n) is 16.4. The van der Waals surface area contributed by atoms with E-state index in [-0.39, 0.29) is 29.9 Å². The number of carbonyl (C=O) groups is 3. The lowest BCUT2D eigenvalue weighted by molar-refractivity contribution is -0.228. The van der Waals surface area contributed by atoms with Gasteiger partial charge in [-0.3, -0.25) is 23.6 Å². The van der Waals surface area contributed by atoms with Gasteiger partial charge in [0.05, 0.1) is 38.9 Å². The average molecular weight is 1100 g/mol. The van der Waals surface area contributed by atoms with E-state index < -0.39 is 67.4 Å². The Hall–Kier alpha value is -6.04. The lowest BCUT2D eigenvalue weighted by Gasteiger charge is -2.63. The number of benzene rings is 4. The number of aliphatic hydroxyl groups is 1. The van der Waals surface area contributed by atoms with Crippen molar-refractivity contribution in [2.75, 3.05) is 66.1 Å². The Morgan fingerprint density at radius 2 is 1.57 bits per heavy atom. The molecule has 0 amide bonds. The van der Waals surface area contributed by atoms with Gasteiger partial charge < -0.3 is 33.9 Å². The van der Waals surface area contributed by atoms with Crippen LogP contribution in [0.15, 0.2) is 108 Å². The van der Waals surface area contributed by atoms with Gasteiger partial charge in [0.1, 0.15) is 11.2 Å². The van der Waals surface area contributed by atoms with Crippen LogP contribution in [0.2, 0.25) is 0 Å². The van der Waals surface area contributed by atoms with Gasteiger partial charge >= 0.3 is 17.9 Å². The Morgan fingerprint density at radius 1 is 0.848 bits per heavy atom. The zero-order valence-corrected chi connectivity index (χ0v) is 47.5. The number of rotatable bonds is 14. The second-order valence-electron chi connectivity index (χ2n) is 23.7. The van der Waals surface area contributed by atoms with Crippen LogP contribution in [0.1, 0.15) is 105 Å². The number of aromatic nitrogens is 1. The van der Waals surface area contributed by atoms with Crippen molar-refractivity contribution in [3.63, 3.8) is 0 Å². The van der Waals surface area contributed by atoms with Crippen LogP contribution in [0.5, 0.6) is 5.75 Å². The van der Waals surface area contributed by atoms with Crippen molar-refractivity contribution >= 4 is 44.6 Å². The molecular formula is C63H76N4O11S. The highest BCUT2D eigenvalue weighted by Gasteiger charge is 2.80. The predicted molar refractivity (Wildman–Crippen MR) is 300 cm³/mol. The van der Waals surface area contributed by atoms with Gasteiger partial charge in [0, 0.05) is 90.9 Å². The van der Waals surface area contributed by atoms with Gasteiger partial charge in [-0.05, 0) is 111 Å². The quantitative estimate of drug-likeness (QED) is 0.0467. The number of likely N-dealkylation sites (N-methyl/N-ethyl adjacent to an activating group) is 1. The molecule has 16 heteroatoms. The summed E-state index contributed by atoms with van der Waals surface area (Å²) in [7, 11) is 2.04. The fraction of sp³-hybridized carbons (Fsp3) is 0.508. The zero-order valence-electron chi connectivity index (χ0n) is 46.7. The molecule has 1 aromatic heterocycles. The molecule has 2 N–H and O–H groups in total. The lowest BCUT2D eigenvalue weighted by Crippen LogP contribution is -2.81. The van der Waals surface area contributed by atoms with E-state index in [9.17, 15) is 23.1 Å². The minimum atomic E-state index is -4.13. The molecule has 0 radical (unpaired) electrons. The third-order valence-corrected chi connectivity index (χ3v) is 20.7. The molecular weight excluding hydrogens is 1020 g/mol. The number of H-pyrrole nitrogens is 1. The summed E-state index contributed by atoms with van der Waals surface area (Å²) in [5.41, 5.74) is 0.172. The van der Waals surface area contributed by atoms with E-state index in [2.05, 4.69) is 63.3 Å². The minimum absolute atomic E-state index is 0.0113. The number of esters is 3. The Kier molecular flexibility index (Phi) is 14.5. The van der Waals surface area contributed by atoms with Crippen molar-refractivity contribution in [2.45, 2.75) is 131 Å². The fourth-order valence-corrected chi connectivity index (χ4v) is 17.4. The highest BCUT2D eigenvalue weighted by Crippen LogP contribution is 2.68. The van der Waals surface area contributed by atoms with E-state index in [1.54, 1.807) is 31.4 Å². The van der Waals surface area contributed by atoms with Crippen molar-refractivity contribution in [1.29, 1.82) is 0 Å². The van der Waals surface area contributed by atoms with E-state index in [1.807, 2.05) is 56.1 Å². The molecule has 2 saturated carbocycles. The number of anilines is 1. The van der Waals surface area contributed by atoms with Gasteiger partial charge in [-0.25, -0.2) is 4.79 Å². The maximum Gasteiger partial charge on any atom is 0.344 e. The van der Waals surface area contributed by atoms with E-state index in [0.717, 1.165) is 65.3 Å². The molecule has 2 aliphatic carbocycles. The second kappa shape index (κ2) is 20.8. The highest BCUT2D eigenvalue weighted by atomic mass is 32.2. The molecule has 4 aromatic carbocycles.